The predicted molar refractivity (Wildman–Crippen MR) is 142 cm³/mol. The van der Waals surface area contributed by atoms with Crippen LogP contribution in [0.2, 0.25) is 0 Å². The number of halogens is 1. The lowest BCUT2D eigenvalue weighted by molar-refractivity contribution is 0.819. The van der Waals surface area contributed by atoms with Crippen molar-refractivity contribution in [1.29, 1.82) is 0 Å². The van der Waals surface area contributed by atoms with E-state index in [1.807, 2.05) is 54.7 Å². The second kappa shape index (κ2) is 7.92. The Morgan fingerprint density at radius 2 is 1.56 bits per heavy atom. The minimum absolute atomic E-state index is 0.345. The summed E-state index contributed by atoms with van der Waals surface area (Å²) >= 11 is 3.51. The lowest BCUT2D eigenvalue weighted by Gasteiger charge is -2.03. The molecule has 0 aliphatic carbocycles. The summed E-state index contributed by atoms with van der Waals surface area (Å²) in [5, 5.41) is 14.9. The van der Waals surface area contributed by atoms with Crippen molar-refractivity contribution in [1.82, 2.24) is 39.9 Å². The summed E-state index contributed by atoms with van der Waals surface area (Å²) in [6.07, 6.45) is 5.46. The molecule has 0 radical (unpaired) electrons. The van der Waals surface area contributed by atoms with Gasteiger partial charge in [-0.05, 0) is 48.5 Å². The van der Waals surface area contributed by atoms with Crippen LogP contribution in [-0.4, -0.2) is 39.9 Å². The first-order valence-electron chi connectivity index (χ1n) is 11.1. The molecule has 0 bridgehead atoms. The van der Waals surface area contributed by atoms with Crippen LogP contribution in [0.15, 0.2) is 83.7 Å². The first kappa shape index (κ1) is 20.7. The molecule has 0 saturated carbocycles. The number of hydrogen-bond donors (Lipinski definition) is 2. The number of benzene rings is 2. The van der Waals surface area contributed by atoms with Crippen molar-refractivity contribution in [3.63, 3.8) is 0 Å². The zero-order chi connectivity index (χ0) is 24.2. The molecule has 5 aromatic heterocycles. The summed E-state index contributed by atoms with van der Waals surface area (Å²) < 4.78 is 2.67. The maximum atomic E-state index is 5.74. The van der Waals surface area contributed by atoms with Crippen LogP contribution < -0.4 is 5.73 Å². The lowest BCUT2D eigenvalue weighted by atomic mass is 10.1. The number of H-pyrrole nitrogens is 1. The number of fused-ring (bicyclic) bond motifs is 6. The van der Waals surface area contributed by atoms with Gasteiger partial charge in [-0.25, -0.2) is 9.67 Å². The molecule has 172 valence electrons. The van der Waals surface area contributed by atoms with Gasteiger partial charge in [0.1, 0.15) is 17.3 Å². The van der Waals surface area contributed by atoms with Gasteiger partial charge < -0.3 is 10.7 Å². The van der Waals surface area contributed by atoms with Gasteiger partial charge in [0.05, 0.1) is 27.6 Å². The lowest BCUT2D eigenvalue weighted by Crippen LogP contribution is -2.01. The maximum absolute atomic E-state index is 5.74. The molecule has 0 unspecified atom stereocenters. The number of nitrogens with zero attached hydrogens (tertiary/aromatic N) is 7. The number of imidazole rings is 1. The highest BCUT2D eigenvalue weighted by atomic mass is 79.9. The van der Waals surface area contributed by atoms with Crippen molar-refractivity contribution in [2.75, 3.05) is 5.73 Å². The number of pyridine rings is 2. The topological polar surface area (TPSA) is 124 Å². The van der Waals surface area contributed by atoms with Gasteiger partial charge in [0.2, 0.25) is 0 Å². The average Bonchev–Trinajstić information content (AvgIpc) is 3.55. The molecule has 0 saturated heterocycles. The largest absolute Gasteiger partial charge is 0.382 e. The van der Waals surface area contributed by atoms with Crippen LogP contribution >= 0.6 is 15.9 Å². The van der Waals surface area contributed by atoms with Gasteiger partial charge in [0.25, 0.3) is 0 Å². The van der Waals surface area contributed by atoms with E-state index in [2.05, 4.69) is 41.1 Å². The van der Waals surface area contributed by atoms with Crippen molar-refractivity contribution in [3.05, 3.63) is 83.7 Å². The Morgan fingerprint density at radius 1 is 0.806 bits per heavy atom. The Hall–Kier alpha value is -4.70. The van der Waals surface area contributed by atoms with Gasteiger partial charge >= 0.3 is 0 Å². The third-order valence-corrected chi connectivity index (χ3v) is 6.59. The van der Waals surface area contributed by atoms with Crippen molar-refractivity contribution in [3.8, 4) is 28.5 Å². The number of aromatic amines is 1. The van der Waals surface area contributed by atoms with Gasteiger partial charge in [0.15, 0.2) is 5.82 Å². The number of nitrogens with one attached hydrogen (secondary N) is 1. The quantitative estimate of drug-likeness (QED) is 0.294. The van der Waals surface area contributed by atoms with Crippen molar-refractivity contribution >= 4 is 54.6 Å². The fourth-order valence-corrected chi connectivity index (χ4v) is 4.68. The van der Waals surface area contributed by atoms with E-state index in [0.717, 1.165) is 54.1 Å². The summed E-state index contributed by atoms with van der Waals surface area (Å²) in [7, 11) is 0. The molecule has 0 amide bonds. The molecule has 5 heterocycles. The third kappa shape index (κ3) is 3.23. The number of hydrogen-bond acceptors (Lipinski definition) is 7. The number of nitrogens with two attached hydrogens (primary N) is 1. The van der Waals surface area contributed by atoms with Crippen LogP contribution in [0.4, 0.5) is 5.82 Å². The Kier molecular flexibility index (Phi) is 4.55. The smallest absolute Gasteiger partial charge is 0.175 e. The number of rotatable bonds is 3. The van der Waals surface area contributed by atoms with E-state index in [0.29, 0.717) is 17.5 Å². The van der Waals surface area contributed by atoms with Gasteiger partial charge in [-0.2, -0.15) is 5.10 Å². The number of nitrogen functional groups attached to an aromatic ring is 1. The average molecular weight is 534 g/mol. The fourth-order valence-electron chi connectivity index (χ4n) is 4.41. The van der Waals surface area contributed by atoms with Crippen molar-refractivity contribution < 1.29 is 0 Å². The van der Waals surface area contributed by atoms with Crippen LogP contribution in [0.3, 0.4) is 0 Å². The molecule has 10 heteroatoms. The predicted octanol–water partition coefficient (Wildman–Crippen LogP) is 5.31. The highest BCUT2D eigenvalue weighted by Crippen LogP contribution is 2.36. The molecule has 2 aromatic carbocycles. The molecule has 0 spiro atoms. The second-order valence-corrected chi connectivity index (χ2v) is 9.18. The van der Waals surface area contributed by atoms with Crippen molar-refractivity contribution in [2.45, 2.75) is 0 Å². The standard InChI is InChI=1S/C26H16BrN9/c27-15-7-5-14(6-8-15)21-18(13-36(35-21)20-10-9-19(28)33-34-20)26-31-24-16-3-1-11-29-22(16)23-17(25(24)32-26)4-2-12-30-23/h1-13H,(H2,28,33)(H,31,32). The summed E-state index contributed by atoms with van der Waals surface area (Å²) in [5.74, 6) is 1.57. The monoisotopic (exact) mass is 533 g/mol. The highest BCUT2D eigenvalue weighted by molar-refractivity contribution is 9.10. The Bertz CT molecular complexity index is 1830. The fraction of sp³-hybridized carbons (Fsp3) is 0. The minimum atomic E-state index is 0.345. The molecular formula is C26H16BrN9. The second-order valence-electron chi connectivity index (χ2n) is 8.27. The van der Waals surface area contributed by atoms with Crippen molar-refractivity contribution in [2.24, 2.45) is 0 Å². The molecular weight excluding hydrogens is 518 g/mol. The molecule has 0 fully saturated rings. The van der Waals surface area contributed by atoms with Crippen LogP contribution in [-0.2, 0) is 0 Å². The Morgan fingerprint density at radius 3 is 2.31 bits per heavy atom. The first-order valence-corrected chi connectivity index (χ1v) is 11.9. The number of anilines is 1. The van der Waals surface area contributed by atoms with Gasteiger partial charge in [-0.15, -0.1) is 10.2 Å². The van der Waals surface area contributed by atoms with Gasteiger partial charge in [-0.3, -0.25) is 9.97 Å². The summed E-state index contributed by atoms with van der Waals surface area (Å²) in [6, 6.07) is 19.3. The molecule has 9 nitrogen and oxygen atoms in total. The van der Waals surface area contributed by atoms with Crippen LogP contribution in [0, 0.1) is 0 Å². The van der Waals surface area contributed by atoms with E-state index < -0.39 is 0 Å². The molecule has 3 N–H and O–H groups in total. The van der Waals surface area contributed by atoms with Crippen LogP contribution in [0.1, 0.15) is 0 Å². The summed E-state index contributed by atoms with van der Waals surface area (Å²) in [4.78, 5) is 17.8. The maximum Gasteiger partial charge on any atom is 0.175 e. The molecule has 7 aromatic rings. The zero-order valence-corrected chi connectivity index (χ0v) is 20.2. The third-order valence-electron chi connectivity index (χ3n) is 6.06. The highest BCUT2D eigenvalue weighted by Gasteiger charge is 2.20. The first-order chi connectivity index (χ1) is 17.7. The van der Waals surface area contributed by atoms with Crippen LogP contribution in [0.5, 0.6) is 0 Å². The van der Waals surface area contributed by atoms with E-state index >= 15 is 0 Å². The molecule has 7 rings (SSSR count). The SMILES string of the molecule is Nc1ccc(-n2cc(-c3nc4c5cccnc5c5ncccc5c4[nH]3)c(-c3ccc(Br)cc3)n2)nn1. The Labute approximate surface area is 212 Å². The molecule has 36 heavy (non-hydrogen) atoms. The van der Waals surface area contributed by atoms with E-state index in [4.69, 9.17) is 15.8 Å². The van der Waals surface area contributed by atoms with E-state index in [-0.39, 0.29) is 0 Å². The van der Waals surface area contributed by atoms with E-state index in [1.54, 1.807) is 29.2 Å². The van der Waals surface area contributed by atoms with E-state index in [9.17, 15) is 0 Å². The summed E-state index contributed by atoms with van der Waals surface area (Å²) in [5.41, 5.74) is 11.6. The summed E-state index contributed by atoms with van der Waals surface area (Å²) in [6.45, 7) is 0. The number of aromatic nitrogens is 8. The van der Waals surface area contributed by atoms with Gasteiger partial charge in [0, 0.05) is 39.4 Å². The molecule has 0 atom stereocenters. The molecule has 0 aliphatic rings. The van der Waals surface area contributed by atoms with E-state index in [1.165, 1.54) is 0 Å². The normalized spacial score (nSPS) is 11.6. The zero-order valence-electron chi connectivity index (χ0n) is 18.6. The van der Waals surface area contributed by atoms with Gasteiger partial charge in [-0.1, -0.05) is 28.1 Å². The molecule has 0 aliphatic heterocycles. The van der Waals surface area contributed by atoms with Crippen LogP contribution in [0.25, 0.3) is 61.3 Å². The minimum Gasteiger partial charge on any atom is -0.382 e. The Balaban J connectivity index is 1.52.